The zero-order chi connectivity index (χ0) is 21.4. The number of rotatable bonds is 6. The van der Waals surface area contributed by atoms with E-state index in [1.165, 1.54) is 45.3 Å². The van der Waals surface area contributed by atoms with Crippen LogP contribution in [0.3, 0.4) is 0 Å². The van der Waals surface area contributed by atoms with E-state index in [1.807, 2.05) is 36.7 Å². The number of hydrogen-bond acceptors (Lipinski definition) is 4. The van der Waals surface area contributed by atoms with Crippen molar-refractivity contribution in [2.45, 2.75) is 31.7 Å². The number of anilines is 1. The number of carbonyl (C=O) groups is 1. The molecule has 5 rings (SSSR count). The molecule has 0 spiro atoms. The van der Waals surface area contributed by atoms with Gasteiger partial charge in [-0.2, -0.15) is 0 Å². The van der Waals surface area contributed by atoms with E-state index in [0.717, 1.165) is 28.3 Å². The standard InChI is InChI=1S/C25H31N5O/c1-28(2)25(31)20-5-7-23-19(15-20)9-14-30(23)24-8-6-22(16-26-24)27-21-10-12-29(13-11-21)17-18-3-4-18/h5-9,14-16,18,21,27H,3-4,10-13,17H2,1-2H3. The molecule has 3 aromatic rings. The van der Waals surface area contributed by atoms with Crippen molar-refractivity contribution in [3.05, 3.63) is 54.4 Å². The number of fused-ring (bicyclic) bond motifs is 1. The molecule has 1 N–H and O–H groups in total. The van der Waals surface area contributed by atoms with Crippen molar-refractivity contribution in [1.82, 2.24) is 19.4 Å². The predicted octanol–water partition coefficient (Wildman–Crippen LogP) is 4.01. The van der Waals surface area contributed by atoms with Crippen LogP contribution in [0.25, 0.3) is 16.7 Å². The number of carbonyl (C=O) groups excluding carboxylic acids is 1. The van der Waals surface area contributed by atoms with Gasteiger partial charge in [0.1, 0.15) is 5.82 Å². The molecule has 0 radical (unpaired) electrons. The lowest BCUT2D eigenvalue weighted by Crippen LogP contribution is -2.40. The maximum absolute atomic E-state index is 12.2. The van der Waals surface area contributed by atoms with Gasteiger partial charge < -0.3 is 19.7 Å². The summed E-state index contributed by atoms with van der Waals surface area (Å²) >= 11 is 0. The van der Waals surface area contributed by atoms with E-state index in [2.05, 4.69) is 26.9 Å². The lowest BCUT2D eigenvalue weighted by Gasteiger charge is -2.32. The first-order valence-electron chi connectivity index (χ1n) is 11.3. The number of aromatic nitrogens is 2. The molecule has 2 aromatic heterocycles. The molecular formula is C25H31N5O. The van der Waals surface area contributed by atoms with Crippen LogP contribution in [0.4, 0.5) is 5.69 Å². The average molecular weight is 418 g/mol. The van der Waals surface area contributed by atoms with Crippen molar-refractivity contribution < 1.29 is 4.79 Å². The molecule has 1 aromatic carbocycles. The minimum atomic E-state index is 0.0153. The number of nitrogens with one attached hydrogen (secondary N) is 1. The van der Waals surface area contributed by atoms with Crippen LogP contribution in [-0.4, -0.2) is 65.0 Å². The Morgan fingerprint density at radius 1 is 1.10 bits per heavy atom. The number of hydrogen-bond donors (Lipinski definition) is 1. The first-order valence-corrected chi connectivity index (χ1v) is 11.3. The van der Waals surface area contributed by atoms with Crippen LogP contribution in [0.2, 0.25) is 0 Å². The molecule has 0 atom stereocenters. The van der Waals surface area contributed by atoms with E-state index in [9.17, 15) is 4.79 Å². The largest absolute Gasteiger partial charge is 0.381 e. The van der Waals surface area contributed by atoms with Crippen LogP contribution < -0.4 is 5.32 Å². The lowest BCUT2D eigenvalue weighted by atomic mass is 10.0. The third-order valence-electron chi connectivity index (χ3n) is 6.51. The molecule has 6 heteroatoms. The fourth-order valence-electron chi connectivity index (χ4n) is 4.51. The number of nitrogens with zero attached hydrogens (tertiary/aromatic N) is 4. The van der Waals surface area contributed by atoms with Crippen molar-refractivity contribution in [3.8, 4) is 5.82 Å². The Hall–Kier alpha value is -2.86. The van der Waals surface area contributed by atoms with Crippen molar-refractivity contribution in [1.29, 1.82) is 0 Å². The van der Waals surface area contributed by atoms with Crippen LogP contribution >= 0.6 is 0 Å². The summed E-state index contributed by atoms with van der Waals surface area (Å²) in [6.45, 7) is 3.71. The highest BCUT2D eigenvalue weighted by atomic mass is 16.2. The number of pyridine rings is 1. The maximum Gasteiger partial charge on any atom is 0.253 e. The van der Waals surface area contributed by atoms with Gasteiger partial charge in [-0.3, -0.25) is 4.79 Å². The lowest BCUT2D eigenvalue weighted by molar-refractivity contribution is 0.0828. The van der Waals surface area contributed by atoms with Crippen LogP contribution in [-0.2, 0) is 0 Å². The smallest absolute Gasteiger partial charge is 0.253 e. The molecule has 2 aliphatic rings. The van der Waals surface area contributed by atoms with Crippen molar-refractivity contribution in [2.24, 2.45) is 5.92 Å². The molecule has 2 fully saturated rings. The van der Waals surface area contributed by atoms with Gasteiger partial charge in [0, 0.05) is 56.9 Å². The molecule has 0 unspecified atom stereocenters. The fourth-order valence-corrected chi connectivity index (χ4v) is 4.51. The van der Waals surface area contributed by atoms with Gasteiger partial charge in [-0.25, -0.2) is 4.98 Å². The summed E-state index contributed by atoms with van der Waals surface area (Å²) in [4.78, 5) is 21.2. The molecule has 1 saturated carbocycles. The summed E-state index contributed by atoms with van der Waals surface area (Å²) < 4.78 is 2.07. The highest BCUT2D eigenvalue weighted by molar-refractivity contribution is 5.98. The predicted molar refractivity (Wildman–Crippen MR) is 125 cm³/mol. The molecule has 0 bridgehead atoms. The van der Waals surface area contributed by atoms with Gasteiger partial charge in [0.25, 0.3) is 5.91 Å². The zero-order valence-electron chi connectivity index (χ0n) is 18.4. The zero-order valence-corrected chi connectivity index (χ0v) is 18.4. The summed E-state index contributed by atoms with van der Waals surface area (Å²) in [7, 11) is 3.55. The van der Waals surface area contributed by atoms with E-state index in [1.54, 1.807) is 19.0 Å². The minimum absolute atomic E-state index is 0.0153. The Morgan fingerprint density at radius 3 is 2.58 bits per heavy atom. The first-order chi connectivity index (χ1) is 15.1. The van der Waals surface area contributed by atoms with Gasteiger partial charge in [-0.1, -0.05) is 0 Å². The third-order valence-corrected chi connectivity index (χ3v) is 6.51. The van der Waals surface area contributed by atoms with Crippen LogP contribution in [0, 0.1) is 5.92 Å². The fraction of sp³-hybridized carbons (Fsp3) is 0.440. The monoisotopic (exact) mass is 417 g/mol. The number of likely N-dealkylation sites (tertiary alicyclic amines) is 1. The molecule has 1 saturated heterocycles. The molecular weight excluding hydrogens is 386 g/mol. The Balaban J connectivity index is 1.24. The molecule has 31 heavy (non-hydrogen) atoms. The minimum Gasteiger partial charge on any atom is -0.381 e. The number of piperidine rings is 1. The third kappa shape index (κ3) is 4.44. The van der Waals surface area contributed by atoms with Crippen molar-refractivity contribution in [3.63, 3.8) is 0 Å². The normalized spacial score (nSPS) is 17.7. The second-order valence-electron chi connectivity index (χ2n) is 9.23. The Kier molecular flexibility index (Phi) is 5.40. The number of benzene rings is 1. The molecule has 1 aliphatic heterocycles. The van der Waals surface area contributed by atoms with Crippen LogP contribution in [0.15, 0.2) is 48.8 Å². The SMILES string of the molecule is CN(C)C(=O)c1ccc2c(ccn2-c2ccc(NC3CCN(CC4CC4)CC3)cn2)c1. The van der Waals surface area contributed by atoms with E-state index >= 15 is 0 Å². The summed E-state index contributed by atoms with van der Waals surface area (Å²) in [5.41, 5.74) is 2.83. The summed E-state index contributed by atoms with van der Waals surface area (Å²) in [5, 5.41) is 4.71. The summed E-state index contributed by atoms with van der Waals surface area (Å²) in [5.74, 6) is 1.87. The van der Waals surface area contributed by atoms with Crippen molar-refractivity contribution in [2.75, 3.05) is 39.0 Å². The van der Waals surface area contributed by atoms with Gasteiger partial charge in [0.15, 0.2) is 0 Å². The molecule has 6 nitrogen and oxygen atoms in total. The Bertz CT molecular complexity index is 1060. The van der Waals surface area contributed by atoms with Gasteiger partial charge in [-0.05, 0) is 68.0 Å². The second-order valence-corrected chi connectivity index (χ2v) is 9.23. The van der Waals surface area contributed by atoms with Crippen molar-refractivity contribution >= 4 is 22.5 Å². The Morgan fingerprint density at radius 2 is 1.90 bits per heavy atom. The van der Waals surface area contributed by atoms with E-state index in [4.69, 9.17) is 4.98 Å². The average Bonchev–Trinajstić information content (AvgIpc) is 3.50. The molecule has 3 heterocycles. The number of amides is 1. The van der Waals surface area contributed by atoms with Gasteiger partial charge in [0.2, 0.25) is 0 Å². The maximum atomic E-state index is 12.2. The molecule has 1 amide bonds. The van der Waals surface area contributed by atoms with Crippen LogP contribution in [0.1, 0.15) is 36.0 Å². The highest BCUT2D eigenvalue weighted by Gasteiger charge is 2.27. The molecule has 1 aliphatic carbocycles. The van der Waals surface area contributed by atoms with E-state index < -0.39 is 0 Å². The Labute approximate surface area is 183 Å². The van der Waals surface area contributed by atoms with Gasteiger partial charge >= 0.3 is 0 Å². The highest BCUT2D eigenvalue weighted by Crippen LogP contribution is 2.31. The summed E-state index contributed by atoms with van der Waals surface area (Å²) in [6, 6.07) is 12.6. The van der Waals surface area contributed by atoms with E-state index in [-0.39, 0.29) is 5.91 Å². The molecule has 162 valence electrons. The van der Waals surface area contributed by atoms with E-state index in [0.29, 0.717) is 11.6 Å². The second kappa shape index (κ2) is 8.35. The van der Waals surface area contributed by atoms with Gasteiger partial charge in [-0.15, -0.1) is 0 Å². The summed E-state index contributed by atoms with van der Waals surface area (Å²) in [6.07, 6.45) is 9.21. The quantitative estimate of drug-likeness (QED) is 0.658. The van der Waals surface area contributed by atoms with Crippen LogP contribution in [0.5, 0.6) is 0 Å². The first kappa shape index (κ1) is 20.1. The van der Waals surface area contributed by atoms with Gasteiger partial charge in [0.05, 0.1) is 17.4 Å². The topological polar surface area (TPSA) is 53.4 Å².